The number of pyridine rings is 1. The van der Waals surface area contributed by atoms with Gasteiger partial charge in [-0.05, 0) is 37.5 Å². The van der Waals surface area contributed by atoms with Crippen molar-refractivity contribution in [1.82, 2.24) is 29.9 Å². The van der Waals surface area contributed by atoms with Gasteiger partial charge >= 0.3 is 6.18 Å². The molecule has 4 aromatic rings. The summed E-state index contributed by atoms with van der Waals surface area (Å²) < 4.78 is 40.3. The first-order valence-electron chi connectivity index (χ1n) is 9.65. The first-order valence-corrected chi connectivity index (χ1v) is 9.65. The minimum atomic E-state index is -4.36. The van der Waals surface area contributed by atoms with E-state index in [9.17, 15) is 13.2 Å². The summed E-state index contributed by atoms with van der Waals surface area (Å²) in [5, 5.41) is 7.55. The second kappa shape index (κ2) is 6.58. The second-order valence-electron chi connectivity index (χ2n) is 7.66. The van der Waals surface area contributed by atoms with Crippen molar-refractivity contribution in [3.63, 3.8) is 0 Å². The normalized spacial score (nSPS) is 15.6. The van der Waals surface area contributed by atoms with Crippen LogP contribution in [0.15, 0.2) is 43.5 Å². The van der Waals surface area contributed by atoms with Gasteiger partial charge < -0.3 is 10.3 Å². The molecule has 5 rings (SSSR count). The zero-order chi connectivity index (χ0) is 21.0. The van der Waals surface area contributed by atoms with E-state index in [1.165, 1.54) is 6.20 Å². The molecule has 1 saturated carbocycles. The lowest BCUT2D eigenvalue weighted by atomic mass is 10.1. The van der Waals surface area contributed by atoms with Gasteiger partial charge in [-0.3, -0.25) is 0 Å². The summed E-state index contributed by atoms with van der Waals surface area (Å²) in [6.45, 7) is 4.84. The van der Waals surface area contributed by atoms with Crippen LogP contribution in [0.25, 0.3) is 33.4 Å². The molecule has 0 spiro atoms. The number of alkyl halides is 3. The average molecular weight is 412 g/mol. The Bertz CT molecular complexity index is 1260. The van der Waals surface area contributed by atoms with E-state index in [4.69, 9.17) is 0 Å². The summed E-state index contributed by atoms with van der Waals surface area (Å²) >= 11 is 0. The third-order valence-corrected chi connectivity index (χ3v) is 5.43. The fraction of sp³-hybridized carbons (Fsp3) is 0.286. The molecule has 6 nitrogen and oxygen atoms in total. The van der Waals surface area contributed by atoms with Crippen LogP contribution in [0.1, 0.15) is 37.1 Å². The molecule has 1 atom stereocenters. The van der Waals surface area contributed by atoms with Gasteiger partial charge in [0.05, 0.1) is 11.7 Å². The summed E-state index contributed by atoms with van der Waals surface area (Å²) in [6.07, 6.45) is 4.88. The van der Waals surface area contributed by atoms with Gasteiger partial charge in [0.15, 0.2) is 0 Å². The number of aromatic nitrogens is 5. The molecule has 0 bridgehead atoms. The molecule has 154 valence electrons. The maximum atomic E-state index is 12.9. The Kier molecular flexibility index (Phi) is 4.09. The molecule has 1 unspecified atom stereocenters. The van der Waals surface area contributed by atoms with E-state index < -0.39 is 12.2 Å². The number of hydrogen-bond donors (Lipinski definition) is 2. The fourth-order valence-corrected chi connectivity index (χ4v) is 3.50. The van der Waals surface area contributed by atoms with E-state index in [0.29, 0.717) is 17.0 Å². The first-order chi connectivity index (χ1) is 14.3. The number of H-pyrrole nitrogens is 1. The van der Waals surface area contributed by atoms with Gasteiger partial charge in [-0.25, -0.2) is 14.5 Å². The number of rotatable bonds is 5. The van der Waals surface area contributed by atoms with E-state index in [1.807, 2.05) is 24.5 Å². The molecule has 4 heterocycles. The Balaban J connectivity index is 1.51. The van der Waals surface area contributed by atoms with Crippen molar-refractivity contribution >= 4 is 22.2 Å². The van der Waals surface area contributed by atoms with E-state index in [-0.39, 0.29) is 5.70 Å². The summed E-state index contributed by atoms with van der Waals surface area (Å²) in [5.74, 6) is 1.33. The summed E-state index contributed by atoms with van der Waals surface area (Å²) in [4.78, 5) is 12.3. The van der Waals surface area contributed by atoms with Crippen molar-refractivity contribution in [3.05, 3.63) is 54.9 Å². The highest BCUT2D eigenvalue weighted by Crippen LogP contribution is 2.39. The quantitative estimate of drug-likeness (QED) is 0.500. The standard InChI is InChI=1S/C21H19F3N6/c1-11(28-12(2)21(22,23)24)15-10-27-30-6-5-14(7-18(15)30)16-8-26-20-17(16)9-25-19(29-20)13-3-4-13/h5-10,12-13,28H,1,3-4H2,2H3,(H,25,26,29). The first kappa shape index (κ1) is 18.7. The van der Waals surface area contributed by atoms with Crippen molar-refractivity contribution in [1.29, 1.82) is 0 Å². The Morgan fingerprint density at radius 2 is 2.13 bits per heavy atom. The lowest BCUT2D eigenvalue weighted by Gasteiger charge is -2.19. The SMILES string of the molecule is C=C(NC(C)C(F)(F)F)c1cnn2ccc(-c3c[nH]c4nc(C5CC5)ncc34)cc12. The molecule has 0 amide bonds. The van der Waals surface area contributed by atoms with Crippen molar-refractivity contribution in [2.24, 2.45) is 0 Å². The molecule has 9 heteroatoms. The van der Waals surface area contributed by atoms with Crippen LogP contribution in [-0.4, -0.2) is 36.8 Å². The molecule has 1 aliphatic carbocycles. The molecule has 30 heavy (non-hydrogen) atoms. The van der Waals surface area contributed by atoms with Crippen LogP contribution in [0.4, 0.5) is 13.2 Å². The third kappa shape index (κ3) is 3.20. The van der Waals surface area contributed by atoms with Gasteiger partial charge in [0.2, 0.25) is 0 Å². The van der Waals surface area contributed by atoms with Crippen LogP contribution in [0.3, 0.4) is 0 Å². The largest absolute Gasteiger partial charge is 0.408 e. The smallest absolute Gasteiger partial charge is 0.374 e. The van der Waals surface area contributed by atoms with Crippen molar-refractivity contribution < 1.29 is 13.2 Å². The Hall–Kier alpha value is -3.36. The summed E-state index contributed by atoms with van der Waals surface area (Å²) in [5.41, 5.74) is 3.92. The van der Waals surface area contributed by atoms with Gasteiger partial charge in [-0.2, -0.15) is 18.3 Å². The minimum absolute atomic E-state index is 0.170. The molecule has 2 N–H and O–H groups in total. The molecule has 0 radical (unpaired) electrons. The maximum absolute atomic E-state index is 12.9. The molecular weight excluding hydrogens is 393 g/mol. The lowest BCUT2D eigenvalue weighted by molar-refractivity contribution is -0.148. The highest BCUT2D eigenvalue weighted by molar-refractivity contribution is 5.94. The summed E-state index contributed by atoms with van der Waals surface area (Å²) in [6, 6.07) is 2.06. The number of fused-ring (bicyclic) bond motifs is 2. The molecule has 4 aromatic heterocycles. The highest BCUT2D eigenvalue weighted by Gasteiger charge is 2.36. The Morgan fingerprint density at radius 3 is 2.87 bits per heavy atom. The predicted molar refractivity (Wildman–Crippen MR) is 108 cm³/mol. The maximum Gasteiger partial charge on any atom is 0.408 e. The van der Waals surface area contributed by atoms with E-state index in [2.05, 4.69) is 31.9 Å². The fourth-order valence-electron chi connectivity index (χ4n) is 3.50. The number of aromatic amines is 1. The van der Waals surface area contributed by atoms with Gasteiger partial charge in [-0.15, -0.1) is 0 Å². The van der Waals surface area contributed by atoms with Gasteiger partial charge in [0.25, 0.3) is 0 Å². The van der Waals surface area contributed by atoms with E-state index in [1.54, 1.807) is 10.7 Å². The molecule has 0 aromatic carbocycles. The van der Waals surface area contributed by atoms with Crippen LogP contribution in [0.5, 0.6) is 0 Å². The van der Waals surface area contributed by atoms with Crippen LogP contribution < -0.4 is 5.32 Å². The van der Waals surface area contributed by atoms with E-state index >= 15 is 0 Å². The highest BCUT2D eigenvalue weighted by atomic mass is 19.4. The average Bonchev–Trinajstić information content (AvgIpc) is 3.33. The third-order valence-electron chi connectivity index (χ3n) is 5.43. The zero-order valence-electron chi connectivity index (χ0n) is 16.2. The van der Waals surface area contributed by atoms with Gasteiger partial charge in [0, 0.05) is 46.7 Å². The monoisotopic (exact) mass is 412 g/mol. The van der Waals surface area contributed by atoms with Crippen LogP contribution in [0.2, 0.25) is 0 Å². The Labute approximate surface area is 169 Å². The number of hydrogen-bond acceptors (Lipinski definition) is 4. The van der Waals surface area contributed by atoms with Crippen LogP contribution in [-0.2, 0) is 0 Å². The predicted octanol–water partition coefficient (Wildman–Crippen LogP) is 4.66. The number of nitrogens with zero attached hydrogens (tertiary/aromatic N) is 4. The lowest BCUT2D eigenvalue weighted by Crippen LogP contribution is -2.38. The van der Waals surface area contributed by atoms with Crippen LogP contribution in [0, 0.1) is 0 Å². The van der Waals surface area contributed by atoms with E-state index in [0.717, 1.165) is 47.8 Å². The molecular formula is C21H19F3N6. The Morgan fingerprint density at radius 1 is 1.33 bits per heavy atom. The van der Waals surface area contributed by atoms with Crippen molar-refractivity contribution in [3.8, 4) is 11.1 Å². The number of halogens is 3. The van der Waals surface area contributed by atoms with Crippen LogP contribution >= 0.6 is 0 Å². The number of nitrogens with one attached hydrogen (secondary N) is 2. The van der Waals surface area contributed by atoms with Gasteiger partial charge in [0.1, 0.15) is 17.5 Å². The summed E-state index contributed by atoms with van der Waals surface area (Å²) in [7, 11) is 0. The topological polar surface area (TPSA) is 70.9 Å². The molecule has 0 aliphatic heterocycles. The molecule has 1 fully saturated rings. The van der Waals surface area contributed by atoms with Gasteiger partial charge in [-0.1, -0.05) is 6.58 Å². The van der Waals surface area contributed by atoms with Crippen molar-refractivity contribution in [2.45, 2.75) is 37.9 Å². The van der Waals surface area contributed by atoms with Crippen molar-refractivity contribution in [2.75, 3.05) is 0 Å². The minimum Gasteiger partial charge on any atom is -0.374 e. The molecule has 0 saturated heterocycles. The molecule has 1 aliphatic rings. The second-order valence-corrected chi connectivity index (χ2v) is 7.66. The zero-order valence-corrected chi connectivity index (χ0v) is 16.2.